The number of nitrogens with zero attached hydrogens (tertiary/aromatic N) is 2. The Balaban J connectivity index is 1.91. The fourth-order valence-corrected chi connectivity index (χ4v) is 3.50. The first-order valence-corrected chi connectivity index (χ1v) is 9.93. The molecule has 3 aromatic rings. The summed E-state index contributed by atoms with van der Waals surface area (Å²) in [7, 11) is 0. The topological polar surface area (TPSA) is 65.8 Å². The van der Waals surface area contributed by atoms with Gasteiger partial charge in [0.25, 0.3) is 0 Å². The molecule has 4 nitrogen and oxygen atoms in total. The van der Waals surface area contributed by atoms with Crippen LogP contribution in [0.3, 0.4) is 0 Å². The Morgan fingerprint density at radius 2 is 1.77 bits per heavy atom. The molecule has 0 aliphatic heterocycles. The van der Waals surface area contributed by atoms with E-state index in [-0.39, 0.29) is 16.5 Å². The molecule has 0 saturated carbocycles. The fourth-order valence-electron chi connectivity index (χ4n) is 2.69. The molecule has 31 heavy (non-hydrogen) atoms. The first-order valence-electron chi connectivity index (χ1n) is 8.95. The number of hydrogen-bond acceptors (Lipinski definition) is 4. The Labute approximate surface area is 179 Å². The van der Waals surface area contributed by atoms with Crippen LogP contribution in [-0.4, -0.2) is 16.6 Å². The third-order valence-electron chi connectivity index (χ3n) is 4.22. The number of nitriles is 1. The molecule has 1 heterocycles. The van der Waals surface area contributed by atoms with E-state index >= 15 is 0 Å². The van der Waals surface area contributed by atoms with Crippen molar-refractivity contribution in [3.63, 3.8) is 0 Å². The molecule has 0 aliphatic carbocycles. The van der Waals surface area contributed by atoms with Gasteiger partial charge in [0, 0.05) is 11.3 Å². The number of pyridine rings is 1. The molecule has 0 bridgehead atoms. The average molecular weight is 445 g/mol. The van der Waals surface area contributed by atoms with E-state index in [4.69, 9.17) is 0 Å². The van der Waals surface area contributed by atoms with Gasteiger partial charge in [0.1, 0.15) is 16.9 Å². The number of halogens is 4. The molecule has 1 N–H and O–H groups in total. The number of alkyl halides is 3. The summed E-state index contributed by atoms with van der Waals surface area (Å²) in [6.07, 6.45) is -4.76. The van der Waals surface area contributed by atoms with Crippen LogP contribution in [0.1, 0.15) is 16.7 Å². The van der Waals surface area contributed by atoms with Gasteiger partial charge in [-0.1, -0.05) is 41.6 Å². The summed E-state index contributed by atoms with van der Waals surface area (Å²) in [5.41, 5.74) is 0.0290. The SMILES string of the molecule is Cc1ccc(-c2cc(C(F)(F)F)c(C#N)c(SCC(=O)Nc3ccc(F)cc3)n2)cc1. The number of carbonyl (C=O) groups is 1. The minimum absolute atomic E-state index is 0.0489. The minimum atomic E-state index is -4.76. The lowest BCUT2D eigenvalue weighted by Crippen LogP contribution is -2.15. The molecule has 0 fully saturated rings. The van der Waals surface area contributed by atoms with E-state index in [0.717, 1.165) is 23.4 Å². The van der Waals surface area contributed by atoms with Gasteiger partial charge in [-0.05, 0) is 37.3 Å². The summed E-state index contributed by atoms with van der Waals surface area (Å²) in [6.45, 7) is 1.85. The summed E-state index contributed by atoms with van der Waals surface area (Å²) in [4.78, 5) is 16.4. The van der Waals surface area contributed by atoms with Crippen LogP contribution >= 0.6 is 11.8 Å². The van der Waals surface area contributed by atoms with E-state index in [2.05, 4.69) is 10.3 Å². The van der Waals surface area contributed by atoms with E-state index in [1.54, 1.807) is 30.3 Å². The van der Waals surface area contributed by atoms with Gasteiger partial charge in [0.05, 0.1) is 22.6 Å². The number of thioether (sulfide) groups is 1. The maximum atomic E-state index is 13.6. The molecule has 3 rings (SSSR count). The number of amides is 1. The van der Waals surface area contributed by atoms with E-state index < -0.39 is 29.0 Å². The van der Waals surface area contributed by atoms with Crippen molar-refractivity contribution >= 4 is 23.4 Å². The molecular weight excluding hydrogens is 430 g/mol. The van der Waals surface area contributed by atoms with Crippen molar-refractivity contribution in [3.8, 4) is 17.3 Å². The second kappa shape index (κ2) is 9.18. The Bertz CT molecular complexity index is 1140. The standard InChI is InChI=1S/C22H15F4N3OS/c1-13-2-4-14(5-3-13)19-10-18(22(24,25)26)17(11-27)21(29-19)31-12-20(30)28-16-8-6-15(23)7-9-16/h2-10H,12H2,1H3,(H,28,30). The highest BCUT2D eigenvalue weighted by molar-refractivity contribution is 8.00. The van der Waals surface area contributed by atoms with Gasteiger partial charge in [-0.2, -0.15) is 18.4 Å². The molecule has 158 valence electrons. The number of benzene rings is 2. The van der Waals surface area contributed by atoms with Gasteiger partial charge in [-0.25, -0.2) is 9.37 Å². The van der Waals surface area contributed by atoms with Gasteiger partial charge in [-0.3, -0.25) is 4.79 Å². The third kappa shape index (κ3) is 5.61. The highest BCUT2D eigenvalue weighted by Crippen LogP contribution is 2.38. The summed E-state index contributed by atoms with van der Waals surface area (Å²) >= 11 is 0.725. The first kappa shape index (κ1) is 22.3. The van der Waals surface area contributed by atoms with Crippen molar-refractivity contribution in [3.05, 3.63) is 77.1 Å². The summed E-state index contributed by atoms with van der Waals surface area (Å²) in [6, 6.07) is 14.2. The number of aromatic nitrogens is 1. The zero-order valence-electron chi connectivity index (χ0n) is 16.1. The summed E-state index contributed by atoms with van der Waals surface area (Å²) in [5, 5.41) is 11.7. The van der Waals surface area contributed by atoms with Crippen molar-refractivity contribution in [2.45, 2.75) is 18.1 Å². The Morgan fingerprint density at radius 1 is 1.13 bits per heavy atom. The first-order chi connectivity index (χ1) is 14.7. The number of carbonyl (C=O) groups excluding carboxylic acids is 1. The Morgan fingerprint density at radius 3 is 2.35 bits per heavy atom. The number of aryl methyl sites for hydroxylation is 1. The Kier molecular flexibility index (Phi) is 6.61. The lowest BCUT2D eigenvalue weighted by atomic mass is 10.0. The van der Waals surface area contributed by atoms with Crippen LogP contribution < -0.4 is 5.32 Å². The molecule has 1 amide bonds. The van der Waals surface area contributed by atoms with Crippen LogP contribution in [0.2, 0.25) is 0 Å². The van der Waals surface area contributed by atoms with E-state index in [1.165, 1.54) is 24.3 Å². The number of nitrogens with one attached hydrogen (secondary N) is 1. The minimum Gasteiger partial charge on any atom is -0.325 e. The van der Waals surface area contributed by atoms with Crippen molar-refractivity contribution in [2.75, 3.05) is 11.1 Å². The zero-order chi connectivity index (χ0) is 22.6. The molecule has 0 aliphatic rings. The van der Waals surface area contributed by atoms with Gasteiger partial charge >= 0.3 is 6.18 Å². The molecular formula is C22H15F4N3OS. The smallest absolute Gasteiger partial charge is 0.325 e. The molecule has 0 unspecified atom stereocenters. The lowest BCUT2D eigenvalue weighted by Gasteiger charge is -2.14. The lowest BCUT2D eigenvalue weighted by molar-refractivity contribution is -0.138. The molecule has 0 atom stereocenters. The van der Waals surface area contributed by atoms with E-state index in [0.29, 0.717) is 11.3 Å². The predicted octanol–water partition coefficient (Wildman–Crippen LogP) is 5.82. The Hall–Kier alpha value is -3.38. The number of anilines is 1. The van der Waals surface area contributed by atoms with Gasteiger partial charge in [0.2, 0.25) is 5.91 Å². The van der Waals surface area contributed by atoms with Crippen LogP contribution in [0.25, 0.3) is 11.3 Å². The van der Waals surface area contributed by atoms with Crippen molar-refractivity contribution in [1.29, 1.82) is 5.26 Å². The quantitative estimate of drug-likeness (QED) is 0.397. The number of rotatable bonds is 5. The van der Waals surface area contributed by atoms with Crippen LogP contribution in [-0.2, 0) is 11.0 Å². The van der Waals surface area contributed by atoms with Crippen molar-refractivity contribution in [2.24, 2.45) is 0 Å². The number of hydrogen-bond donors (Lipinski definition) is 1. The third-order valence-corrected chi connectivity index (χ3v) is 5.19. The monoisotopic (exact) mass is 445 g/mol. The molecule has 0 saturated heterocycles. The molecule has 0 spiro atoms. The summed E-state index contributed by atoms with van der Waals surface area (Å²) < 4.78 is 53.8. The molecule has 2 aromatic carbocycles. The van der Waals surface area contributed by atoms with Crippen LogP contribution in [0.5, 0.6) is 0 Å². The van der Waals surface area contributed by atoms with Gasteiger partial charge < -0.3 is 5.32 Å². The predicted molar refractivity (Wildman–Crippen MR) is 110 cm³/mol. The highest BCUT2D eigenvalue weighted by atomic mass is 32.2. The maximum absolute atomic E-state index is 13.6. The van der Waals surface area contributed by atoms with Gasteiger partial charge in [-0.15, -0.1) is 0 Å². The molecule has 1 aromatic heterocycles. The van der Waals surface area contributed by atoms with Crippen molar-refractivity contribution in [1.82, 2.24) is 4.98 Å². The molecule has 9 heteroatoms. The highest BCUT2D eigenvalue weighted by Gasteiger charge is 2.36. The van der Waals surface area contributed by atoms with Gasteiger partial charge in [0.15, 0.2) is 0 Å². The second-order valence-electron chi connectivity index (χ2n) is 6.55. The molecule has 0 radical (unpaired) electrons. The van der Waals surface area contributed by atoms with Crippen LogP contribution in [0, 0.1) is 24.1 Å². The van der Waals surface area contributed by atoms with Crippen LogP contribution in [0.4, 0.5) is 23.2 Å². The van der Waals surface area contributed by atoms with Crippen LogP contribution in [0.15, 0.2) is 59.6 Å². The van der Waals surface area contributed by atoms with E-state index in [9.17, 15) is 27.6 Å². The zero-order valence-corrected chi connectivity index (χ0v) is 16.9. The largest absolute Gasteiger partial charge is 0.417 e. The summed E-state index contributed by atoms with van der Waals surface area (Å²) in [5.74, 6) is -1.28. The average Bonchev–Trinajstić information content (AvgIpc) is 2.73. The second-order valence-corrected chi connectivity index (χ2v) is 7.52. The normalized spacial score (nSPS) is 11.1. The van der Waals surface area contributed by atoms with Crippen molar-refractivity contribution < 1.29 is 22.4 Å². The fraction of sp³-hybridized carbons (Fsp3) is 0.136. The maximum Gasteiger partial charge on any atom is 0.417 e. The van der Waals surface area contributed by atoms with E-state index in [1.807, 2.05) is 6.92 Å².